The summed E-state index contributed by atoms with van der Waals surface area (Å²) in [5, 5.41) is 18.7. The van der Waals surface area contributed by atoms with Gasteiger partial charge < -0.3 is 10.2 Å². The SMILES string of the molecule is CCCC(CO)(CO)Cc1cncs1. The minimum Gasteiger partial charge on any atom is -0.396 e. The molecule has 3 nitrogen and oxygen atoms in total. The number of hydrogen-bond donors (Lipinski definition) is 2. The summed E-state index contributed by atoms with van der Waals surface area (Å²) in [7, 11) is 0. The zero-order valence-corrected chi connectivity index (χ0v) is 9.26. The minimum absolute atomic E-state index is 0.0369. The highest BCUT2D eigenvalue weighted by atomic mass is 32.1. The number of hydrogen-bond acceptors (Lipinski definition) is 4. The van der Waals surface area contributed by atoms with Gasteiger partial charge in [-0.3, -0.25) is 4.98 Å². The van der Waals surface area contributed by atoms with Crippen molar-refractivity contribution < 1.29 is 10.2 Å². The van der Waals surface area contributed by atoms with Crippen molar-refractivity contribution in [2.24, 2.45) is 5.41 Å². The second kappa shape index (κ2) is 5.44. The number of aliphatic hydroxyl groups excluding tert-OH is 2. The van der Waals surface area contributed by atoms with Crippen LogP contribution in [0.3, 0.4) is 0 Å². The van der Waals surface area contributed by atoms with Crippen LogP contribution in [0.2, 0.25) is 0 Å². The summed E-state index contributed by atoms with van der Waals surface area (Å²) < 4.78 is 0. The van der Waals surface area contributed by atoms with Gasteiger partial charge in [-0.15, -0.1) is 11.3 Å². The lowest BCUT2D eigenvalue weighted by Gasteiger charge is -2.28. The Morgan fingerprint density at radius 2 is 2.14 bits per heavy atom. The van der Waals surface area contributed by atoms with Crippen LogP contribution in [0.25, 0.3) is 0 Å². The van der Waals surface area contributed by atoms with Crippen LogP contribution >= 0.6 is 11.3 Å². The molecule has 14 heavy (non-hydrogen) atoms. The Labute approximate surface area is 88.4 Å². The molecular weight excluding hydrogens is 198 g/mol. The fraction of sp³-hybridized carbons (Fsp3) is 0.700. The van der Waals surface area contributed by atoms with Crippen LogP contribution in [0.4, 0.5) is 0 Å². The van der Waals surface area contributed by atoms with E-state index in [2.05, 4.69) is 11.9 Å². The van der Waals surface area contributed by atoms with Crippen LogP contribution in [0.1, 0.15) is 24.6 Å². The maximum atomic E-state index is 9.33. The molecule has 0 aliphatic carbocycles. The van der Waals surface area contributed by atoms with Gasteiger partial charge in [0.15, 0.2) is 0 Å². The van der Waals surface area contributed by atoms with E-state index >= 15 is 0 Å². The first-order chi connectivity index (χ1) is 6.76. The van der Waals surface area contributed by atoms with Gasteiger partial charge in [0.2, 0.25) is 0 Å². The van der Waals surface area contributed by atoms with Crippen LogP contribution in [0, 0.1) is 5.41 Å². The van der Waals surface area contributed by atoms with Gasteiger partial charge in [-0.05, 0) is 12.8 Å². The quantitative estimate of drug-likeness (QED) is 0.755. The Morgan fingerprint density at radius 1 is 1.43 bits per heavy atom. The van der Waals surface area contributed by atoms with Crippen molar-refractivity contribution in [1.29, 1.82) is 0 Å². The van der Waals surface area contributed by atoms with E-state index in [-0.39, 0.29) is 18.6 Å². The first-order valence-corrected chi connectivity index (χ1v) is 5.73. The van der Waals surface area contributed by atoms with Gasteiger partial charge in [0.1, 0.15) is 0 Å². The van der Waals surface area contributed by atoms with Crippen LogP contribution < -0.4 is 0 Å². The van der Waals surface area contributed by atoms with Crippen LogP contribution in [0.15, 0.2) is 11.7 Å². The van der Waals surface area contributed by atoms with Crippen molar-refractivity contribution in [3.63, 3.8) is 0 Å². The summed E-state index contributed by atoms with van der Waals surface area (Å²) in [4.78, 5) is 5.12. The van der Waals surface area contributed by atoms with Gasteiger partial charge in [-0.1, -0.05) is 13.3 Å². The maximum absolute atomic E-state index is 9.33. The molecule has 0 spiro atoms. The Kier molecular flexibility index (Phi) is 4.51. The molecule has 0 atom stereocenters. The van der Waals surface area contributed by atoms with E-state index in [0.29, 0.717) is 0 Å². The lowest BCUT2D eigenvalue weighted by atomic mass is 9.81. The summed E-state index contributed by atoms with van der Waals surface area (Å²) in [5.41, 5.74) is 1.42. The van der Waals surface area contributed by atoms with Crippen LogP contribution in [-0.2, 0) is 6.42 Å². The molecule has 0 aliphatic rings. The van der Waals surface area contributed by atoms with Crippen LogP contribution in [0.5, 0.6) is 0 Å². The Hall–Kier alpha value is -0.450. The molecular formula is C10H17NO2S. The smallest absolute Gasteiger partial charge is 0.0794 e. The fourth-order valence-corrected chi connectivity index (χ4v) is 2.41. The topological polar surface area (TPSA) is 53.4 Å². The van der Waals surface area contributed by atoms with E-state index in [1.165, 1.54) is 0 Å². The molecule has 0 amide bonds. The average Bonchev–Trinajstić information content (AvgIpc) is 2.69. The summed E-state index contributed by atoms with van der Waals surface area (Å²) >= 11 is 1.57. The predicted molar refractivity (Wildman–Crippen MR) is 57.3 cm³/mol. The zero-order valence-electron chi connectivity index (χ0n) is 8.44. The number of rotatable bonds is 6. The summed E-state index contributed by atoms with van der Waals surface area (Å²) in [5.74, 6) is 0. The normalized spacial score (nSPS) is 11.9. The van der Waals surface area contributed by atoms with E-state index in [4.69, 9.17) is 0 Å². The van der Waals surface area contributed by atoms with E-state index in [1.807, 2.05) is 0 Å². The first-order valence-electron chi connectivity index (χ1n) is 4.85. The average molecular weight is 215 g/mol. The molecule has 0 bridgehead atoms. The number of aromatic nitrogens is 1. The van der Waals surface area contributed by atoms with E-state index in [9.17, 15) is 10.2 Å². The second-order valence-corrected chi connectivity index (χ2v) is 4.68. The van der Waals surface area contributed by atoms with Crippen molar-refractivity contribution in [3.8, 4) is 0 Å². The van der Waals surface area contributed by atoms with E-state index in [0.717, 1.165) is 24.1 Å². The third kappa shape index (κ3) is 2.77. The number of aliphatic hydroxyl groups is 2. The zero-order chi connectivity index (χ0) is 10.4. The molecule has 2 N–H and O–H groups in total. The Bertz CT molecular complexity index is 245. The molecule has 0 saturated carbocycles. The molecule has 1 rings (SSSR count). The molecule has 0 unspecified atom stereocenters. The van der Waals surface area contributed by atoms with Gasteiger partial charge in [0.25, 0.3) is 0 Å². The van der Waals surface area contributed by atoms with Crippen molar-refractivity contribution in [3.05, 3.63) is 16.6 Å². The number of thiazole rings is 1. The standard InChI is InChI=1S/C10H17NO2S/c1-2-3-10(6-12,7-13)4-9-5-11-8-14-9/h5,8,12-13H,2-4,6-7H2,1H3. The molecule has 1 aromatic heterocycles. The van der Waals surface area contributed by atoms with E-state index < -0.39 is 0 Å². The molecule has 0 saturated heterocycles. The molecule has 1 aromatic rings. The predicted octanol–water partition coefficient (Wildman–Crippen LogP) is 1.46. The molecule has 4 heteroatoms. The Morgan fingerprint density at radius 3 is 2.57 bits per heavy atom. The lowest BCUT2D eigenvalue weighted by molar-refractivity contribution is 0.0472. The maximum Gasteiger partial charge on any atom is 0.0794 e. The first kappa shape index (κ1) is 11.6. The second-order valence-electron chi connectivity index (χ2n) is 3.71. The molecule has 80 valence electrons. The van der Waals surface area contributed by atoms with Gasteiger partial charge >= 0.3 is 0 Å². The summed E-state index contributed by atoms with van der Waals surface area (Å²) in [6.45, 7) is 2.14. The van der Waals surface area contributed by atoms with Gasteiger partial charge in [-0.25, -0.2) is 0 Å². The molecule has 1 heterocycles. The Balaban J connectivity index is 2.67. The minimum atomic E-state index is -0.360. The van der Waals surface area contributed by atoms with Crippen molar-refractivity contribution in [2.45, 2.75) is 26.2 Å². The highest BCUT2D eigenvalue weighted by Gasteiger charge is 2.28. The van der Waals surface area contributed by atoms with Crippen molar-refractivity contribution in [1.82, 2.24) is 4.98 Å². The summed E-state index contributed by atoms with van der Waals surface area (Å²) in [6.07, 6.45) is 4.34. The third-order valence-electron chi connectivity index (χ3n) is 2.48. The van der Waals surface area contributed by atoms with Gasteiger partial charge in [0, 0.05) is 16.5 Å². The van der Waals surface area contributed by atoms with Crippen molar-refractivity contribution in [2.75, 3.05) is 13.2 Å². The molecule has 0 fully saturated rings. The summed E-state index contributed by atoms with van der Waals surface area (Å²) in [6, 6.07) is 0. The van der Waals surface area contributed by atoms with E-state index in [1.54, 1.807) is 23.0 Å². The van der Waals surface area contributed by atoms with Crippen molar-refractivity contribution >= 4 is 11.3 Å². The molecule has 0 aromatic carbocycles. The largest absolute Gasteiger partial charge is 0.396 e. The third-order valence-corrected chi connectivity index (χ3v) is 3.26. The fourth-order valence-electron chi connectivity index (χ4n) is 1.64. The highest BCUT2D eigenvalue weighted by molar-refractivity contribution is 7.09. The lowest BCUT2D eigenvalue weighted by Crippen LogP contribution is -2.31. The number of nitrogens with zero attached hydrogens (tertiary/aromatic N) is 1. The monoisotopic (exact) mass is 215 g/mol. The molecule has 0 radical (unpaired) electrons. The van der Waals surface area contributed by atoms with Crippen LogP contribution in [-0.4, -0.2) is 28.4 Å². The van der Waals surface area contributed by atoms with Gasteiger partial charge in [0.05, 0.1) is 18.7 Å². The molecule has 0 aliphatic heterocycles. The highest BCUT2D eigenvalue weighted by Crippen LogP contribution is 2.29. The van der Waals surface area contributed by atoms with Gasteiger partial charge in [-0.2, -0.15) is 0 Å².